The van der Waals surface area contributed by atoms with Crippen molar-refractivity contribution in [3.05, 3.63) is 41.2 Å². The average Bonchev–Trinajstić information content (AvgIpc) is 3.59. The maximum absolute atomic E-state index is 13.4. The second-order valence-electron chi connectivity index (χ2n) is 10.8. The lowest BCUT2D eigenvalue weighted by molar-refractivity contribution is -0.131. The third kappa shape index (κ3) is 5.70. The van der Waals surface area contributed by atoms with E-state index in [1.54, 1.807) is 23.0 Å². The Hall–Kier alpha value is -2.35. The fourth-order valence-corrected chi connectivity index (χ4v) is 6.85. The smallest absolute Gasteiger partial charge is 0.475 e. The summed E-state index contributed by atoms with van der Waals surface area (Å²) >= 11 is 6.13. The molecule has 0 radical (unpaired) electrons. The van der Waals surface area contributed by atoms with Crippen LogP contribution in [-0.4, -0.2) is 63.9 Å². The molecule has 15 heteroatoms. The number of ether oxygens (including phenoxy) is 4. The van der Waals surface area contributed by atoms with E-state index in [1.807, 2.05) is 19.1 Å². The number of nitrogens with zero attached hydrogens (tertiary/aromatic N) is 4. The Kier molecular flexibility index (Phi) is 7.98. The largest absolute Gasteiger partial charge is 0.476 e. The zero-order valence-electron chi connectivity index (χ0n) is 23.0. The van der Waals surface area contributed by atoms with E-state index in [9.17, 15) is 4.57 Å². The topological polar surface area (TPSA) is 151 Å². The van der Waals surface area contributed by atoms with Gasteiger partial charge in [0.1, 0.15) is 24.6 Å². The van der Waals surface area contributed by atoms with Gasteiger partial charge in [0, 0.05) is 11.4 Å². The van der Waals surface area contributed by atoms with E-state index in [0.29, 0.717) is 41.0 Å². The first-order valence-corrected chi connectivity index (χ1v) is 15.4. The molecule has 2 N–H and O–H groups in total. The number of fused-ring (bicyclic) bond motifs is 2. The molecule has 41 heavy (non-hydrogen) atoms. The zero-order chi connectivity index (χ0) is 28.8. The van der Waals surface area contributed by atoms with Gasteiger partial charge in [-0.05, 0) is 37.0 Å². The highest BCUT2D eigenvalue weighted by Gasteiger charge is 2.60. The van der Waals surface area contributed by atoms with E-state index in [0.717, 1.165) is 12.0 Å². The maximum atomic E-state index is 13.4. The van der Waals surface area contributed by atoms with Gasteiger partial charge in [-0.1, -0.05) is 37.6 Å². The van der Waals surface area contributed by atoms with Gasteiger partial charge in [-0.2, -0.15) is 9.97 Å². The van der Waals surface area contributed by atoms with E-state index in [-0.39, 0.29) is 26.0 Å². The number of hydrogen-bond acceptors (Lipinski definition) is 12. The third-order valence-corrected chi connectivity index (χ3v) is 9.12. The molecule has 222 valence electrons. The standard InChI is InChI=1S/C26H33ClN5O8P/c1-15(2)7-9-34-23-20-22(30-25(28)31-23)32(13-29-20)24-26(3)21(35-14-36-26)19(39-24)12-38-41(33)37-10-8-18(40-41)16-5-4-6-17(27)11-16/h4-6,11,13,15,18-19,21,24H,7-10,12,14H2,1-3H3,(H2,28,30,31). The van der Waals surface area contributed by atoms with E-state index in [4.69, 9.17) is 49.9 Å². The molecule has 0 saturated carbocycles. The summed E-state index contributed by atoms with van der Waals surface area (Å²) in [4.78, 5) is 13.2. The molecule has 2 aromatic heterocycles. The molecule has 3 fully saturated rings. The highest BCUT2D eigenvalue weighted by Crippen LogP contribution is 2.58. The Morgan fingerprint density at radius 1 is 1.32 bits per heavy atom. The number of nitrogen functional groups attached to an aromatic ring is 1. The Morgan fingerprint density at radius 2 is 2.17 bits per heavy atom. The number of aromatic nitrogens is 4. The number of imidazole rings is 1. The maximum Gasteiger partial charge on any atom is 0.475 e. The highest BCUT2D eigenvalue weighted by molar-refractivity contribution is 7.48. The molecule has 0 spiro atoms. The van der Waals surface area contributed by atoms with Crippen LogP contribution in [0.5, 0.6) is 5.88 Å². The fraction of sp³-hybridized carbons (Fsp3) is 0.577. The minimum atomic E-state index is -3.90. The molecule has 0 amide bonds. The van der Waals surface area contributed by atoms with Crippen molar-refractivity contribution in [2.45, 2.75) is 63.8 Å². The van der Waals surface area contributed by atoms with Gasteiger partial charge in [-0.25, -0.2) is 9.55 Å². The summed E-state index contributed by atoms with van der Waals surface area (Å²) < 4.78 is 56.4. The number of nitrogens with two attached hydrogens (primary N) is 1. The van der Waals surface area contributed by atoms with Gasteiger partial charge >= 0.3 is 7.82 Å². The average molecular weight is 610 g/mol. The molecular formula is C26H33ClN5O8P. The number of benzene rings is 1. The van der Waals surface area contributed by atoms with Gasteiger partial charge in [-0.15, -0.1) is 0 Å². The molecule has 1 aromatic carbocycles. The van der Waals surface area contributed by atoms with Gasteiger partial charge in [0.2, 0.25) is 11.8 Å². The summed E-state index contributed by atoms with van der Waals surface area (Å²) in [6.07, 6.45) is 0.510. The summed E-state index contributed by atoms with van der Waals surface area (Å²) in [5.41, 5.74) is 6.76. The summed E-state index contributed by atoms with van der Waals surface area (Å²) in [6, 6.07) is 7.21. The summed E-state index contributed by atoms with van der Waals surface area (Å²) in [5.74, 6) is 0.808. The lowest BCUT2D eigenvalue weighted by Crippen LogP contribution is -2.42. The molecule has 13 nitrogen and oxygen atoms in total. The molecule has 6 rings (SSSR count). The van der Waals surface area contributed by atoms with Gasteiger partial charge < -0.3 is 24.7 Å². The van der Waals surface area contributed by atoms with Gasteiger partial charge in [-0.3, -0.25) is 18.1 Å². The van der Waals surface area contributed by atoms with Crippen molar-refractivity contribution in [3.8, 4) is 5.88 Å². The van der Waals surface area contributed by atoms with E-state index < -0.39 is 38.0 Å². The van der Waals surface area contributed by atoms with Crippen LogP contribution in [0.1, 0.15) is 51.5 Å². The van der Waals surface area contributed by atoms with Crippen LogP contribution in [0.2, 0.25) is 5.02 Å². The second-order valence-corrected chi connectivity index (χ2v) is 12.9. The van der Waals surface area contributed by atoms with Crippen molar-refractivity contribution in [2.75, 3.05) is 32.3 Å². The lowest BCUT2D eigenvalue weighted by Gasteiger charge is -2.30. The van der Waals surface area contributed by atoms with Crippen LogP contribution in [0.3, 0.4) is 0 Å². The van der Waals surface area contributed by atoms with Crippen LogP contribution in [0, 0.1) is 5.92 Å². The normalized spacial score (nSPS) is 31.6. The monoisotopic (exact) mass is 609 g/mol. The molecule has 3 aliphatic heterocycles. The molecule has 3 aromatic rings. The number of phosphoric ester groups is 1. The van der Waals surface area contributed by atoms with Crippen LogP contribution in [0.25, 0.3) is 11.2 Å². The summed E-state index contributed by atoms with van der Waals surface area (Å²) in [6.45, 7) is 6.68. The Balaban J connectivity index is 1.20. The van der Waals surface area contributed by atoms with Crippen LogP contribution < -0.4 is 10.5 Å². The molecule has 6 unspecified atom stereocenters. The highest BCUT2D eigenvalue weighted by atomic mass is 35.5. The Morgan fingerprint density at radius 3 is 2.98 bits per heavy atom. The quantitative estimate of drug-likeness (QED) is 0.331. The molecular weight excluding hydrogens is 577 g/mol. The molecule has 3 aliphatic rings. The SMILES string of the molecule is CC(C)CCOc1nc(N)nc2c1ncn2C1OC(COP2(=O)OCCC(c3cccc(Cl)c3)O2)C2OCOC21C. The summed E-state index contributed by atoms with van der Waals surface area (Å²) in [5, 5.41) is 0.560. The molecule has 0 aliphatic carbocycles. The van der Waals surface area contributed by atoms with Crippen molar-refractivity contribution in [3.63, 3.8) is 0 Å². The fourth-order valence-electron chi connectivity index (χ4n) is 5.26. The van der Waals surface area contributed by atoms with Crippen LogP contribution in [0.15, 0.2) is 30.6 Å². The minimum Gasteiger partial charge on any atom is -0.476 e. The van der Waals surface area contributed by atoms with Crippen molar-refractivity contribution in [1.82, 2.24) is 19.5 Å². The Bertz CT molecular complexity index is 1460. The van der Waals surface area contributed by atoms with E-state index in [2.05, 4.69) is 28.8 Å². The number of phosphoric acid groups is 1. The number of anilines is 1. The first-order chi connectivity index (χ1) is 19.6. The van der Waals surface area contributed by atoms with Crippen molar-refractivity contribution < 1.29 is 37.1 Å². The van der Waals surface area contributed by atoms with Crippen molar-refractivity contribution in [1.29, 1.82) is 0 Å². The second kappa shape index (κ2) is 11.4. The number of halogens is 1. The number of hydrogen-bond donors (Lipinski definition) is 1. The van der Waals surface area contributed by atoms with Crippen LogP contribution in [0.4, 0.5) is 5.95 Å². The number of rotatable bonds is 9. The van der Waals surface area contributed by atoms with Gasteiger partial charge in [0.05, 0.1) is 32.3 Å². The molecule has 0 bridgehead atoms. The van der Waals surface area contributed by atoms with Crippen LogP contribution >= 0.6 is 19.4 Å². The van der Waals surface area contributed by atoms with Crippen molar-refractivity contribution in [2.24, 2.45) is 5.92 Å². The first kappa shape index (κ1) is 28.8. The lowest BCUT2D eigenvalue weighted by atomic mass is 9.96. The van der Waals surface area contributed by atoms with Gasteiger partial charge in [0.15, 0.2) is 17.4 Å². The summed E-state index contributed by atoms with van der Waals surface area (Å²) in [7, 11) is -3.90. The van der Waals surface area contributed by atoms with Crippen LogP contribution in [-0.2, 0) is 32.3 Å². The molecule has 6 atom stereocenters. The van der Waals surface area contributed by atoms with E-state index >= 15 is 0 Å². The third-order valence-electron chi connectivity index (χ3n) is 7.41. The molecule has 3 saturated heterocycles. The first-order valence-electron chi connectivity index (χ1n) is 13.5. The van der Waals surface area contributed by atoms with Gasteiger partial charge in [0.25, 0.3) is 0 Å². The predicted molar refractivity (Wildman–Crippen MR) is 147 cm³/mol. The minimum absolute atomic E-state index is 0.0425. The van der Waals surface area contributed by atoms with Crippen molar-refractivity contribution >= 4 is 36.5 Å². The Labute approximate surface area is 242 Å². The van der Waals surface area contributed by atoms with E-state index in [1.165, 1.54) is 0 Å². The zero-order valence-corrected chi connectivity index (χ0v) is 24.6. The molecule has 5 heterocycles. The predicted octanol–water partition coefficient (Wildman–Crippen LogP) is 4.82.